The topological polar surface area (TPSA) is 264 Å². The summed E-state index contributed by atoms with van der Waals surface area (Å²) in [7, 11) is 0. The zero-order chi connectivity index (χ0) is 43.1. The number of hydrogen-bond donors (Lipinski definition) is 8. The van der Waals surface area contributed by atoms with Gasteiger partial charge in [-0.1, -0.05) is 48.5 Å². The lowest BCUT2D eigenvalue weighted by Crippen LogP contribution is -2.59. The molecule has 0 aliphatic rings. The van der Waals surface area contributed by atoms with E-state index in [1.807, 2.05) is 41.5 Å². The largest absolute Gasteiger partial charge is 0.345 e. The summed E-state index contributed by atoms with van der Waals surface area (Å²) in [6.45, 7) is 17.6. The van der Waals surface area contributed by atoms with Crippen LogP contribution in [0.1, 0.15) is 127 Å². The van der Waals surface area contributed by atoms with Crippen LogP contribution >= 0.6 is 0 Å². The van der Waals surface area contributed by atoms with Crippen LogP contribution in [0, 0.1) is 17.8 Å². The van der Waals surface area contributed by atoms with Crippen LogP contribution in [0.2, 0.25) is 0 Å². The van der Waals surface area contributed by atoms with E-state index >= 15 is 0 Å². The third kappa shape index (κ3) is 21.0. The van der Waals surface area contributed by atoms with E-state index < -0.39 is 77.7 Å². The number of rotatable bonds is 28. The molecule has 7 atom stereocenters. The SMILES string of the molecule is CCC(=O)N[C@@H](CC(C)C)C(=O)N[C@@H](C)C(=O)N[C@@H](CC(C)C)C(=O)N[C@@H](C)C(=O)N[C@@H](CC(C)C)C(=O)N[C@@H](C)C(=O)N[C@@H](CCCCN)C(=O)CCC=O. The van der Waals surface area contributed by atoms with Gasteiger partial charge in [0.2, 0.25) is 41.4 Å². The van der Waals surface area contributed by atoms with E-state index in [-0.39, 0.29) is 61.5 Å². The predicted octanol–water partition coefficient (Wildman–Crippen LogP) is 0.665. The van der Waals surface area contributed by atoms with Gasteiger partial charge in [0.1, 0.15) is 42.5 Å². The maximum atomic E-state index is 13.4. The fourth-order valence-corrected chi connectivity index (χ4v) is 5.62. The molecule has 56 heavy (non-hydrogen) atoms. The Morgan fingerprint density at radius 3 is 1.18 bits per heavy atom. The molecule has 0 aromatic heterocycles. The minimum Gasteiger partial charge on any atom is -0.345 e. The quantitative estimate of drug-likeness (QED) is 0.0405. The highest BCUT2D eigenvalue weighted by Gasteiger charge is 2.32. The fraction of sp³-hybridized carbons (Fsp3) is 0.769. The average molecular weight is 795 g/mol. The first-order chi connectivity index (χ1) is 26.2. The zero-order valence-electron chi connectivity index (χ0n) is 35.2. The molecule has 0 fully saturated rings. The Labute approximate surface area is 332 Å². The molecule has 0 aromatic carbocycles. The number of aldehydes is 1. The van der Waals surface area contributed by atoms with Crippen molar-refractivity contribution in [3.8, 4) is 0 Å². The Morgan fingerprint density at radius 1 is 0.500 bits per heavy atom. The van der Waals surface area contributed by atoms with Crippen molar-refractivity contribution in [2.75, 3.05) is 6.54 Å². The number of ketones is 1. The van der Waals surface area contributed by atoms with Gasteiger partial charge >= 0.3 is 0 Å². The van der Waals surface area contributed by atoms with Crippen molar-refractivity contribution in [1.82, 2.24) is 37.2 Å². The second-order valence-corrected chi connectivity index (χ2v) is 15.7. The monoisotopic (exact) mass is 795 g/mol. The molecule has 0 saturated carbocycles. The number of amides is 7. The van der Waals surface area contributed by atoms with Crippen molar-refractivity contribution >= 4 is 53.4 Å². The lowest BCUT2D eigenvalue weighted by Gasteiger charge is -2.27. The third-order valence-electron chi connectivity index (χ3n) is 8.78. The minimum absolute atomic E-state index is 0.0247. The number of Topliss-reactive ketones (excluding diaryl/α,β-unsaturated/α-hetero) is 1. The van der Waals surface area contributed by atoms with Crippen LogP contribution in [-0.2, 0) is 43.2 Å². The van der Waals surface area contributed by atoms with Gasteiger partial charge in [0, 0.05) is 19.3 Å². The van der Waals surface area contributed by atoms with Crippen LogP contribution in [0.5, 0.6) is 0 Å². The molecule has 0 aliphatic carbocycles. The Bertz CT molecular complexity index is 1320. The maximum absolute atomic E-state index is 13.4. The summed E-state index contributed by atoms with van der Waals surface area (Å²) in [6, 6.07) is -7.11. The van der Waals surface area contributed by atoms with Crippen LogP contribution in [0.15, 0.2) is 0 Å². The van der Waals surface area contributed by atoms with E-state index in [0.717, 1.165) is 0 Å². The molecule has 7 amide bonds. The molecule has 0 unspecified atom stereocenters. The highest BCUT2D eigenvalue weighted by Crippen LogP contribution is 2.10. The summed E-state index contributed by atoms with van der Waals surface area (Å²) < 4.78 is 0. The molecule has 0 heterocycles. The standard InChI is InChI=1S/C39H70N8O9/c1-11-33(50)44-29(19-22(2)3)37(54)41-26(9)35(52)46-31(21-24(6)7)39(56)43-27(10)36(53)47-30(20-23(4)5)38(55)42-25(8)34(51)45-28(15-12-13-17-40)32(49)16-14-18-48/h18,22-31H,11-17,19-21,40H2,1-10H3,(H,41,54)(H,42,55)(H,43,56)(H,44,50)(H,45,51)(H,46,52)(H,47,53)/t25-,26-,27-,28-,29-,30-,31-/m0/s1. The number of nitrogens with one attached hydrogen (secondary N) is 7. The fourth-order valence-electron chi connectivity index (χ4n) is 5.62. The summed E-state index contributed by atoms with van der Waals surface area (Å²) in [5, 5.41) is 18.5. The lowest BCUT2D eigenvalue weighted by molar-refractivity contribution is -0.135. The van der Waals surface area contributed by atoms with Crippen molar-refractivity contribution in [3.05, 3.63) is 0 Å². The molecule has 17 heteroatoms. The predicted molar refractivity (Wildman–Crippen MR) is 212 cm³/mol. The molecule has 0 aromatic rings. The van der Waals surface area contributed by atoms with E-state index in [1.54, 1.807) is 6.92 Å². The first-order valence-electron chi connectivity index (χ1n) is 19.9. The van der Waals surface area contributed by atoms with Crippen molar-refractivity contribution in [2.45, 2.75) is 169 Å². The number of unbranched alkanes of at least 4 members (excludes halogenated alkanes) is 1. The molecule has 0 bridgehead atoms. The molecule has 0 spiro atoms. The minimum atomic E-state index is -1.14. The Kier molecular flexibility index (Phi) is 25.1. The van der Waals surface area contributed by atoms with E-state index in [2.05, 4.69) is 37.2 Å². The zero-order valence-corrected chi connectivity index (χ0v) is 35.2. The number of hydrogen-bond acceptors (Lipinski definition) is 10. The second-order valence-electron chi connectivity index (χ2n) is 15.7. The summed E-state index contributed by atoms with van der Waals surface area (Å²) >= 11 is 0. The Balaban J connectivity index is 5.67. The molecule has 9 N–H and O–H groups in total. The lowest BCUT2D eigenvalue weighted by atomic mass is 10.0. The molecule has 0 aliphatic heterocycles. The number of carbonyl (C=O) groups is 9. The summed E-state index contributed by atoms with van der Waals surface area (Å²) in [5.74, 6) is -4.39. The van der Waals surface area contributed by atoms with Gasteiger partial charge in [-0.3, -0.25) is 38.4 Å². The van der Waals surface area contributed by atoms with Crippen LogP contribution in [0.4, 0.5) is 0 Å². The van der Waals surface area contributed by atoms with Gasteiger partial charge in [0.25, 0.3) is 0 Å². The highest BCUT2D eigenvalue weighted by atomic mass is 16.2. The van der Waals surface area contributed by atoms with Crippen LogP contribution in [0.3, 0.4) is 0 Å². The van der Waals surface area contributed by atoms with E-state index in [1.165, 1.54) is 20.8 Å². The van der Waals surface area contributed by atoms with Crippen molar-refractivity contribution in [1.29, 1.82) is 0 Å². The molecule has 17 nitrogen and oxygen atoms in total. The van der Waals surface area contributed by atoms with E-state index in [9.17, 15) is 43.2 Å². The molecule has 320 valence electrons. The summed E-state index contributed by atoms with van der Waals surface area (Å²) in [6.07, 6.45) is 3.14. The van der Waals surface area contributed by atoms with Crippen molar-refractivity contribution in [2.24, 2.45) is 23.5 Å². The normalized spacial score (nSPS) is 15.0. The Morgan fingerprint density at radius 2 is 0.857 bits per heavy atom. The van der Waals surface area contributed by atoms with E-state index in [0.29, 0.717) is 38.5 Å². The van der Waals surface area contributed by atoms with Crippen LogP contribution in [-0.4, -0.2) is 102 Å². The van der Waals surface area contributed by atoms with Crippen molar-refractivity contribution < 1.29 is 43.2 Å². The van der Waals surface area contributed by atoms with Gasteiger partial charge in [-0.25, -0.2) is 0 Å². The van der Waals surface area contributed by atoms with Gasteiger partial charge in [-0.2, -0.15) is 0 Å². The molecule has 0 saturated heterocycles. The van der Waals surface area contributed by atoms with Gasteiger partial charge < -0.3 is 47.7 Å². The van der Waals surface area contributed by atoms with Gasteiger partial charge in [-0.15, -0.1) is 0 Å². The molecule has 0 radical (unpaired) electrons. The third-order valence-corrected chi connectivity index (χ3v) is 8.78. The molecule has 0 rings (SSSR count). The van der Waals surface area contributed by atoms with E-state index in [4.69, 9.17) is 5.73 Å². The molecular weight excluding hydrogens is 724 g/mol. The average Bonchev–Trinajstić information content (AvgIpc) is 3.11. The maximum Gasteiger partial charge on any atom is 0.243 e. The van der Waals surface area contributed by atoms with Gasteiger partial charge in [0.05, 0.1) is 6.04 Å². The van der Waals surface area contributed by atoms with Crippen molar-refractivity contribution in [3.63, 3.8) is 0 Å². The first kappa shape index (κ1) is 51.6. The second kappa shape index (κ2) is 27.2. The Hall–Kier alpha value is -4.41. The number of carbonyl (C=O) groups excluding carboxylic acids is 9. The number of nitrogens with two attached hydrogens (primary N) is 1. The smallest absolute Gasteiger partial charge is 0.243 e. The summed E-state index contributed by atoms with van der Waals surface area (Å²) in [4.78, 5) is 115. The molecular formula is C39H70N8O9. The summed E-state index contributed by atoms with van der Waals surface area (Å²) in [5.41, 5.74) is 5.56. The van der Waals surface area contributed by atoms with Gasteiger partial charge in [0.15, 0.2) is 5.78 Å². The highest BCUT2D eigenvalue weighted by molar-refractivity contribution is 5.97. The first-order valence-corrected chi connectivity index (χ1v) is 19.9. The van der Waals surface area contributed by atoms with Crippen LogP contribution < -0.4 is 43.0 Å². The van der Waals surface area contributed by atoms with Crippen LogP contribution in [0.25, 0.3) is 0 Å². The van der Waals surface area contributed by atoms with Gasteiger partial charge in [-0.05, 0) is 83.6 Å².